The average Bonchev–Trinajstić information content (AvgIpc) is 2.61. The van der Waals surface area contributed by atoms with E-state index in [2.05, 4.69) is 54.2 Å². The second kappa shape index (κ2) is 13.4. The maximum absolute atomic E-state index is 12.8. The smallest absolute Gasteiger partial charge is 0.329 e. The van der Waals surface area contributed by atoms with E-state index in [-0.39, 0.29) is 17.7 Å². The van der Waals surface area contributed by atoms with E-state index in [4.69, 9.17) is 9.47 Å². The van der Waals surface area contributed by atoms with Crippen LogP contribution in [0.5, 0.6) is 0 Å². The van der Waals surface area contributed by atoms with Gasteiger partial charge in [-0.05, 0) is 44.9 Å². The summed E-state index contributed by atoms with van der Waals surface area (Å²) in [5, 5.41) is 0. The van der Waals surface area contributed by atoms with Crippen LogP contribution in [0.4, 0.5) is 0 Å². The van der Waals surface area contributed by atoms with Crippen molar-refractivity contribution >= 4 is 11.8 Å². The number of carbonyl (C=O) groups is 2. The Bertz CT molecular complexity index is 565. The minimum atomic E-state index is -0.739. The van der Waals surface area contributed by atoms with Crippen LogP contribution in [0, 0.1) is 17.8 Å². The van der Waals surface area contributed by atoms with Crippen LogP contribution in [0.3, 0.4) is 0 Å². The predicted octanol–water partition coefficient (Wildman–Crippen LogP) is 5.36. The van der Waals surface area contributed by atoms with Crippen molar-refractivity contribution in [2.75, 3.05) is 13.7 Å². The number of ether oxygens (including phenoxy) is 2. The highest BCUT2D eigenvalue weighted by Crippen LogP contribution is 2.22. The molecule has 0 aliphatic rings. The second-order valence-electron chi connectivity index (χ2n) is 8.84. The van der Waals surface area contributed by atoms with Crippen LogP contribution in [-0.4, -0.2) is 42.5 Å². The van der Waals surface area contributed by atoms with Gasteiger partial charge in [0.25, 0.3) is 0 Å². The number of hydrogen-bond donors (Lipinski definition) is 0. The summed E-state index contributed by atoms with van der Waals surface area (Å²) in [7, 11) is 1.89. The van der Waals surface area contributed by atoms with Gasteiger partial charge < -0.3 is 14.4 Å². The number of carbonyl (C=O) groups excluding carboxylic acids is 2. The van der Waals surface area contributed by atoms with Gasteiger partial charge in [0.1, 0.15) is 12.6 Å². The van der Waals surface area contributed by atoms with E-state index < -0.39 is 12.1 Å². The number of ketones is 1. The Labute approximate surface area is 178 Å². The first-order valence-electron chi connectivity index (χ1n) is 10.8. The molecule has 0 aromatic carbocycles. The molecular weight excluding hydrogens is 366 g/mol. The summed E-state index contributed by atoms with van der Waals surface area (Å²) in [6.07, 6.45) is 3.80. The van der Waals surface area contributed by atoms with Gasteiger partial charge in [-0.15, -0.1) is 0 Å². The van der Waals surface area contributed by atoms with Gasteiger partial charge in [0.2, 0.25) is 0 Å². The van der Waals surface area contributed by atoms with E-state index in [1.165, 1.54) is 6.92 Å². The zero-order valence-corrected chi connectivity index (χ0v) is 20.1. The quantitative estimate of drug-likeness (QED) is 0.285. The highest BCUT2D eigenvalue weighted by molar-refractivity contribution is 5.84. The topological polar surface area (TPSA) is 55.8 Å². The molecule has 3 atom stereocenters. The third kappa shape index (κ3) is 10.5. The number of esters is 1. The van der Waals surface area contributed by atoms with Gasteiger partial charge in [0, 0.05) is 18.7 Å². The van der Waals surface area contributed by atoms with Crippen LogP contribution >= 0.6 is 0 Å². The van der Waals surface area contributed by atoms with Gasteiger partial charge in [-0.3, -0.25) is 4.79 Å². The van der Waals surface area contributed by atoms with Gasteiger partial charge in [0.15, 0.2) is 11.9 Å². The first kappa shape index (κ1) is 27.2. The first-order valence-corrected chi connectivity index (χ1v) is 10.8. The summed E-state index contributed by atoms with van der Waals surface area (Å²) in [5.74, 6) is 1.38. The van der Waals surface area contributed by atoms with Crippen LogP contribution in [0.25, 0.3) is 0 Å². The van der Waals surface area contributed by atoms with Crippen LogP contribution in [-0.2, 0) is 19.1 Å². The zero-order valence-electron chi connectivity index (χ0n) is 20.1. The number of nitrogens with zero attached hydrogens (tertiary/aromatic N) is 1. The molecule has 29 heavy (non-hydrogen) atoms. The number of hydrogen-bond acceptors (Lipinski definition) is 5. The Morgan fingerprint density at radius 2 is 1.59 bits per heavy atom. The Morgan fingerprint density at radius 3 is 2.03 bits per heavy atom. The molecule has 5 heteroatoms. The molecule has 0 aromatic heterocycles. The third-order valence-corrected chi connectivity index (χ3v) is 4.97. The number of rotatable bonds is 14. The van der Waals surface area contributed by atoms with Crippen molar-refractivity contribution in [3.63, 3.8) is 0 Å². The lowest BCUT2D eigenvalue weighted by Crippen LogP contribution is -2.42. The van der Waals surface area contributed by atoms with Gasteiger partial charge in [-0.2, -0.15) is 0 Å². The third-order valence-electron chi connectivity index (χ3n) is 4.97. The summed E-state index contributed by atoms with van der Waals surface area (Å²) < 4.78 is 11.4. The second-order valence-corrected chi connectivity index (χ2v) is 8.84. The van der Waals surface area contributed by atoms with E-state index in [1.807, 2.05) is 11.9 Å². The molecule has 0 bridgehead atoms. The summed E-state index contributed by atoms with van der Waals surface area (Å²) in [5.41, 5.74) is 0.920. The maximum Gasteiger partial charge on any atom is 0.329 e. The van der Waals surface area contributed by atoms with Crippen molar-refractivity contribution in [1.82, 2.24) is 4.90 Å². The molecule has 0 aromatic rings. The Kier molecular flexibility index (Phi) is 12.6. The zero-order chi connectivity index (χ0) is 22.7. The molecule has 168 valence electrons. The molecule has 0 aliphatic heterocycles. The van der Waals surface area contributed by atoms with Crippen molar-refractivity contribution < 1.29 is 19.1 Å². The van der Waals surface area contributed by atoms with Crippen LogP contribution in [0.1, 0.15) is 74.7 Å². The van der Waals surface area contributed by atoms with E-state index in [1.54, 1.807) is 6.92 Å². The fourth-order valence-electron chi connectivity index (χ4n) is 3.08. The van der Waals surface area contributed by atoms with Crippen LogP contribution in [0.2, 0.25) is 0 Å². The molecular formula is C24H43NO4. The molecule has 0 fully saturated rings. The molecule has 0 spiro atoms. The predicted molar refractivity (Wildman–Crippen MR) is 119 cm³/mol. The van der Waals surface area contributed by atoms with E-state index in [9.17, 15) is 9.59 Å². The van der Waals surface area contributed by atoms with E-state index in [0.717, 1.165) is 24.3 Å². The molecule has 5 nitrogen and oxygen atoms in total. The van der Waals surface area contributed by atoms with Crippen molar-refractivity contribution in [3.05, 3.63) is 24.1 Å². The van der Waals surface area contributed by atoms with Gasteiger partial charge >= 0.3 is 5.97 Å². The highest BCUT2D eigenvalue weighted by atomic mass is 16.5. The summed E-state index contributed by atoms with van der Waals surface area (Å²) in [4.78, 5) is 26.3. The molecule has 0 aliphatic carbocycles. The molecule has 0 rings (SSSR count). The Balaban J connectivity index is 5.32. The summed E-state index contributed by atoms with van der Waals surface area (Å²) in [6, 6.07) is -0.473. The lowest BCUT2D eigenvalue weighted by molar-refractivity contribution is -0.158. The Morgan fingerprint density at radius 1 is 1.03 bits per heavy atom. The van der Waals surface area contributed by atoms with E-state index >= 15 is 0 Å². The van der Waals surface area contributed by atoms with Crippen molar-refractivity contribution in [1.29, 1.82) is 0 Å². The van der Waals surface area contributed by atoms with Crippen molar-refractivity contribution in [3.8, 4) is 0 Å². The summed E-state index contributed by atoms with van der Waals surface area (Å²) >= 11 is 0. The summed E-state index contributed by atoms with van der Waals surface area (Å²) in [6.45, 7) is 20.2. The van der Waals surface area contributed by atoms with Crippen molar-refractivity contribution in [2.45, 2.75) is 86.8 Å². The molecule has 0 saturated carbocycles. The number of Topliss-reactive ketones (excluding diaryl/α,β-unsaturated/α-hetero) is 1. The highest BCUT2D eigenvalue weighted by Gasteiger charge is 2.29. The molecule has 3 unspecified atom stereocenters. The maximum atomic E-state index is 12.8. The standard InChI is InChI=1S/C24H43NO4/c1-11-12-22(15-28-20(8)18(6)13-16(2)3)25(10)23(14-17(4)5)24(27)29-21(9)19(7)26/h12,16-18,21,23H,8,11,13-15H2,1-7,9-10H3/b22-12-. The first-order chi connectivity index (χ1) is 13.4. The molecule has 0 saturated heterocycles. The molecule has 0 heterocycles. The molecule has 0 N–H and O–H groups in total. The van der Waals surface area contributed by atoms with Crippen molar-refractivity contribution in [2.24, 2.45) is 17.8 Å². The SMILES string of the molecule is C=C(OC/C(=C/CC)N(C)C(CC(C)C)C(=O)OC(C)C(C)=O)C(C)CC(C)C. The number of likely N-dealkylation sites (N-methyl/N-ethyl adjacent to an activating group) is 1. The lowest BCUT2D eigenvalue weighted by Gasteiger charge is -2.32. The minimum absolute atomic E-state index is 0.160. The molecule has 0 radical (unpaired) electrons. The average molecular weight is 410 g/mol. The van der Waals surface area contributed by atoms with Crippen LogP contribution < -0.4 is 0 Å². The van der Waals surface area contributed by atoms with E-state index in [0.29, 0.717) is 24.9 Å². The number of allylic oxidation sites excluding steroid dienone is 2. The monoisotopic (exact) mass is 409 g/mol. The van der Waals surface area contributed by atoms with Gasteiger partial charge in [0.05, 0.1) is 5.76 Å². The fourth-order valence-corrected chi connectivity index (χ4v) is 3.08. The normalized spacial score (nSPS) is 15.1. The van der Waals surface area contributed by atoms with Gasteiger partial charge in [-0.25, -0.2) is 4.79 Å². The minimum Gasteiger partial charge on any atom is -0.492 e. The van der Waals surface area contributed by atoms with Crippen LogP contribution in [0.15, 0.2) is 24.1 Å². The largest absolute Gasteiger partial charge is 0.492 e. The van der Waals surface area contributed by atoms with Gasteiger partial charge in [-0.1, -0.05) is 54.2 Å². The fraction of sp³-hybridized carbons (Fsp3) is 0.750. The molecule has 0 amide bonds. The lowest BCUT2D eigenvalue weighted by atomic mass is 9.98. The Hall–Kier alpha value is -1.78.